The van der Waals surface area contributed by atoms with Gasteiger partial charge in [0.25, 0.3) is 0 Å². The van der Waals surface area contributed by atoms with Crippen molar-refractivity contribution in [2.75, 3.05) is 52.3 Å². The Bertz CT molecular complexity index is 1210. The lowest BCUT2D eigenvalue weighted by Crippen LogP contribution is -2.31. The van der Waals surface area contributed by atoms with E-state index in [0.717, 1.165) is 40.0 Å². The average molecular weight is 502 g/mol. The largest absolute Gasteiger partial charge is 0.497 e. The summed E-state index contributed by atoms with van der Waals surface area (Å²) in [4.78, 5) is 6.68. The Labute approximate surface area is 208 Å². The summed E-state index contributed by atoms with van der Waals surface area (Å²) in [5.74, 6) is 1.25. The summed E-state index contributed by atoms with van der Waals surface area (Å²) in [5.41, 5.74) is 7.97. The van der Waals surface area contributed by atoms with E-state index in [1.807, 2.05) is 54.8 Å². The van der Waals surface area contributed by atoms with Crippen molar-refractivity contribution in [2.24, 2.45) is 0 Å². The molecule has 10 heteroatoms. The number of pyridine rings is 1. The van der Waals surface area contributed by atoms with Gasteiger partial charge < -0.3 is 24.7 Å². The molecule has 1 aliphatic rings. The van der Waals surface area contributed by atoms with E-state index in [-0.39, 0.29) is 6.54 Å². The lowest BCUT2D eigenvalue weighted by molar-refractivity contribution is -0.124. The van der Waals surface area contributed by atoms with Crippen LogP contribution in [0.1, 0.15) is 12.0 Å². The molecule has 1 aliphatic heterocycles. The maximum Gasteiger partial charge on any atom is 0.401 e. The van der Waals surface area contributed by atoms with Gasteiger partial charge in [-0.05, 0) is 48.4 Å². The van der Waals surface area contributed by atoms with Gasteiger partial charge >= 0.3 is 6.18 Å². The van der Waals surface area contributed by atoms with Crippen molar-refractivity contribution >= 4 is 27.9 Å². The number of hydrogen-bond acceptors (Lipinski definition) is 7. The van der Waals surface area contributed by atoms with E-state index in [0.29, 0.717) is 24.5 Å². The van der Waals surface area contributed by atoms with Crippen molar-refractivity contribution in [3.05, 3.63) is 60.4 Å². The standard InChI is InChI=1S/C26H30F3N5O2/c1-33-16-20(15-32-33)19-9-18-10-21(5-6-25(18)31-14-19)34(8-4-7-30-17-26(27,28)29)22-11-23(35-2)13-24(12-22)36-3/h5-6,9-14,16,30,32H,4,7-8,15,17H2,1-3H3. The first-order valence-electron chi connectivity index (χ1n) is 11.6. The number of anilines is 2. The summed E-state index contributed by atoms with van der Waals surface area (Å²) in [7, 11) is 5.11. The molecule has 0 fully saturated rings. The van der Waals surface area contributed by atoms with E-state index >= 15 is 0 Å². The second-order valence-electron chi connectivity index (χ2n) is 8.57. The first-order valence-corrected chi connectivity index (χ1v) is 11.6. The Hall–Kier alpha value is -3.50. The molecule has 0 saturated heterocycles. The van der Waals surface area contributed by atoms with Gasteiger partial charge in [-0.25, -0.2) is 5.43 Å². The number of rotatable bonds is 10. The van der Waals surface area contributed by atoms with Crippen molar-refractivity contribution in [1.82, 2.24) is 20.7 Å². The number of halogens is 3. The summed E-state index contributed by atoms with van der Waals surface area (Å²) in [6.45, 7) is 0.430. The molecular formula is C26H30F3N5O2. The van der Waals surface area contributed by atoms with Crippen LogP contribution in [-0.2, 0) is 0 Å². The van der Waals surface area contributed by atoms with Crippen LogP contribution in [0.15, 0.2) is 54.9 Å². The van der Waals surface area contributed by atoms with E-state index in [2.05, 4.69) is 26.7 Å². The second kappa shape index (κ2) is 11.0. The highest BCUT2D eigenvalue weighted by Gasteiger charge is 2.26. The van der Waals surface area contributed by atoms with Crippen LogP contribution in [0.5, 0.6) is 11.5 Å². The highest BCUT2D eigenvalue weighted by Crippen LogP contribution is 2.34. The van der Waals surface area contributed by atoms with Gasteiger partial charge in [0.2, 0.25) is 0 Å². The van der Waals surface area contributed by atoms with Crippen molar-refractivity contribution in [2.45, 2.75) is 12.6 Å². The number of hydrogen-bond donors (Lipinski definition) is 2. The third-order valence-corrected chi connectivity index (χ3v) is 5.92. The Morgan fingerprint density at radius 1 is 1.06 bits per heavy atom. The molecular weight excluding hydrogens is 471 g/mol. The van der Waals surface area contributed by atoms with Crippen LogP contribution in [0.4, 0.5) is 24.5 Å². The van der Waals surface area contributed by atoms with Crippen LogP contribution in [-0.4, -0.2) is 63.6 Å². The van der Waals surface area contributed by atoms with Crippen LogP contribution in [0, 0.1) is 0 Å². The molecule has 0 unspecified atom stereocenters. The van der Waals surface area contributed by atoms with E-state index in [9.17, 15) is 13.2 Å². The minimum Gasteiger partial charge on any atom is -0.497 e. The zero-order valence-electron chi connectivity index (χ0n) is 20.5. The fraction of sp³-hybridized carbons (Fsp3) is 0.346. The highest BCUT2D eigenvalue weighted by atomic mass is 19.4. The topological polar surface area (TPSA) is 61.9 Å². The first-order chi connectivity index (χ1) is 17.3. The predicted molar refractivity (Wildman–Crippen MR) is 136 cm³/mol. The molecule has 2 heterocycles. The number of aromatic nitrogens is 1. The Morgan fingerprint density at radius 3 is 2.44 bits per heavy atom. The molecule has 192 valence electrons. The smallest absolute Gasteiger partial charge is 0.401 e. The number of methoxy groups -OCH3 is 2. The zero-order valence-corrected chi connectivity index (χ0v) is 20.5. The molecule has 0 bridgehead atoms. The number of benzene rings is 2. The molecule has 4 rings (SSSR count). The summed E-state index contributed by atoms with van der Waals surface area (Å²) in [6, 6.07) is 13.6. The van der Waals surface area contributed by atoms with E-state index in [1.165, 1.54) is 0 Å². The van der Waals surface area contributed by atoms with E-state index in [4.69, 9.17) is 9.47 Å². The van der Waals surface area contributed by atoms with Gasteiger partial charge in [-0.3, -0.25) is 4.98 Å². The zero-order chi connectivity index (χ0) is 25.7. The van der Waals surface area contributed by atoms with Gasteiger partial charge in [0.15, 0.2) is 0 Å². The van der Waals surface area contributed by atoms with Gasteiger partial charge in [-0.2, -0.15) is 13.2 Å². The molecule has 1 aromatic heterocycles. The van der Waals surface area contributed by atoms with Gasteiger partial charge in [-0.1, -0.05) is 0 Å². The molecule has 0 spiro atoms. The van der Waals surface area contributed by atoms with Crippen LogP contribution in [0.25, 0.3) is 16.5 Å². The lowest BCUT2D eigenvalue weighted by atomic mass is 10.1. The third kappa shape index (κ3) is 6.38. The number of ether oxygens (including phenoxy) is 2. The van der Waals surface area contributed by atoms with E-state index < -0.39 is 12.7 Å². The second-order valence-corrected chi connectivity index (χ2v) is 8.57. The Balaban J connectivity index is 1.65. The average Bonchev–Trinajstić information content (AvgIpc) is 3.30. The molecule has 0 aliphatic carbocycles. The molecule has 7 nitrogen and oxygen atoms in total. The predicted octanol–water partition coefficient (Wildman–Crippen LogP) is 4.72. The van der Waals surface area contributed by atoms with Gasteiger partial charge in [0.1, 0.15) is 11.5 Å². The fourth-order valence-corrected chi connectivity index (χ4v) is 4.12. The summed E-state index contributed by atoms with van der Waals surface area (Å²) < 4.78 is 48.5. The molecule has 2 N–H and O–H groups in total. The van der Waals surface area contributed by atoms with Crippen LogP contribution >= 0.6 is 0 Å². The number of nitrogens with zero attached hydrogens (tertiary/aromatic N) is 3. The minimum absolute atomic E-state index is 0.227. The molecule has 0 radical (unpaired) electrons. The number of fused-ring (bicyclic) bond motifs is 1. The lowest BCUT2D eigenvalue weighted by Gasteiger charge is -2.26. The molecule has 0 saturated carbocycles. The highest BCUT2D eigenvalue weighted by molar-refractivity contribution is 5.87. The van der Waals surface area contributed by atoms with Gasteiger partial charge in [0, 0.05) is 67.5 Å². The first kappa shape index (κ1) is 25.6. The number of alkyl halides is 3. The van der Waals surface area contributed by atoms with Gasteiger partial charge in [0.05, 0.1) is 26.3 Å². The Kier molecular flexibility index (Phi) is 7.85. The van der Waals surface area contributed by atoms with Crippen molar-refractivity contribution in [3.8, 4) is 11.5 Å². The van der Waals surface area contributed by atoms with E-state index in [1.54, 1.807) is 20.3 Å². The van der Waals surface area contributed by atoms with Crippen molar-refractivity contribution in [1.29, 1.82) is 0 Å². The van der Waals surface area contributed by atoms with Gasteiger partial charge in [-0.15, -0.1) is 0 Å². The van der Waals surface area contributed by atoms with Crippen LogP contribution in [0.2, 0.25) is 0 Å². The minimum atomic E-state index is -4.23. The molecule has 3 aromatic rings. The summed E-state index contributed by atoms with van der Waals surface area (Å²) in [5, 5.41) is 5.36. The maximum atomic E-state index is 12.5. The van der Waals surface area contributed by atoms with Crippen molar-refractivity contribution in [3.63, 3.8) is 0 Å². The SMILES string of the molecule is COc1cc(OC)cc(N(CCCNCC(F)(F)F)c2ccc3ncc(C4=CN(C)NC4)cc3c2)c1. The Morgan fingerprint density at radius 2 is 1.81 bits per heavy atom. The number of hydrazine groups is 1. The fourth-order valence-electron chi connectivity index (χ4n) is 4.12. The van der Waals surface area contributed by atoms with Crippen LogP contribution in [0.3, 0.4) is 0 Å². The normalized spacial score (nSPS) is 13.7. The quantitative estimate of drug-likeness (QED) is 0.390. The molecule has 0 atom stereocenters. The van der Waals surface area contributed by atoms with Crippen LogP contribution < -0.4 is 25.1 Å². The molecule has 0 amide bonds. The molecule has 36 heavy (non-hydrogen) atoms. The summed E-state index contributed by atoms with van der Waals surface area (Å²) in [6.07, 6.45) is 0.167. The monoisotopic (exact) mass is 501 g/mol. The van der Waals surface area contributed by atoms with Crippen molar-refractivity contribution < 1.29 is 22.6 Å². The summed E-state index contributed by atoms with van der Waals surface area (Å²) >= 11 is 0. The number of nitrogens with one attached hydrogen (secondary N) is 2. The molecule has 2 aromatic carbocycles. The maximum absolute atomic E-state index is 12.5. The third-order valence-electron chi connectivity index (χ3n) is 5.92.